The minimum Gasteiger partial charge on any atom is -0.379 e. The van der Waals surface area contributed by atoms with Gasteiger partial charge in [0.05, 0.1) is 19.6 Å². The Morgan fingerprint density at radius 1 is 1.17 bits per heavy atom. The largest absolute Gasteiger partial charge is 0.379 e. The van der Waals surface area contributed by atoms with Gasteiger partial charge in [-0.1, -0.05) is 18.2 Å². The second-order valence-corrected chi connectivity index (χ2v) is 7.61. The topological polar surface area (TPSA) is 107 Å². The monoisotopic (exact) mass is 413 g/mol. The maximum absolute atomic E-state index is 12.6. The van der Waals surface area contributed by atoms with E-state index in [1.807, 2.05) is 30.5 Å². The first kappa shape index (κ1) is 20.4. The van der Waals surface area contributed by atoms with Gasteiger partial charge in [0.15, 0.2) is 0 Å². The van der Waals surface area contributed by atoms with E-state index in [9.17, 15) is 14.4 Å². The van der Waals surface area contributed by atoms with Crippen LogP contribution >= 0.6 is 0 Å². The minimum absolute atomic E-state index is 0.0444. The average molecular weight is 413 g/mol. The van der Waals surface area contributed by atoms with Gasteiger partial charge in [0.1, 0.15) is 6.04 Å². The van der Waals surface area contributed by atoms with Gasteiger partial charge in [0.2, 0.25) is 5.91 Å². The Morgan fingerprint density at radius 3 is 2.80 bits per heavy atom. The highest BCUT2D eigenvalue weighted by atomic mass is 16.5. The predicted octanol–water partition coefficient (Wildman–Crippen LogP) is 0.469. The maximum Gasteiger partial charge on any atom is 0.324 e. The summed E-state index contributed by atoms with van der Waals surface area (Å²) in [5, 5.41) is 6.55. The van der Waals surface area contributed by atoms with Crippen molar-refractivity contribution in [3.8, 4) is 0 Å². The molecule has 2 aliphatic rings. The van der Waals surface area contributed by atoms with Crippen LogP contribution in [0, 0.1) is 0 Å². The quantitative estimate of drug-likeness (QED) is 0.546. The number of aromatic nitrogens is 1. The fraction of sp³-hybridized carbons (Fsp3) is 0.476. The number of ether oxygens (including phenoxy) is 1. The van der Waals surface area contributed by atoms with E-state index >= 15 is 0 Å². The highest BCUT2D eigenvalue weighted by Gasteiger charge is 2.38. The summed E-state index contributed by atoms with van der Waals surface area (Å²) >= 11 is 0. The first-order valence-electron chi connectivity index (χ1n) is 10.4. The van der Waals surface area contributed by atoms with E-state index in [1.54, 1.807) is 0 Å². The van der Waals surface area contributed by atoms with Gasteiger partial charge >= 0.3 is 6.03 Å². The zero-order valence-corrected chi connectivity index (χ0v) is 16.9. The maximum atomic E-state index is 12.6. The number of urea groups is 1. The SMILES string of the molecule is O=C(C[C@H]1NC(=O)N(CCc2c[nH]c3ccccc23)C1=O)NCCN1CCOCC1. The molecule has 0 aliphatic carbocycles. The number of fused-ring (bicyclic) bond motifs is 1. The minimum atomic E-state index is -0.802. The molecule has 0 radical (unpaired) electrons. The third kappa shape index (κ3) is 4.63. The van der Waals surface area contributed by atoms with Crippen molar-refractivity contribution in [3.05, 3.63) is 36.0 Å². The average Bonchev–Trinajstić information content (AvgIpc) is 3.28. The highest BCUT2D eigenvalue weighted by molar-refractivity contribution is 6.05. The molecule has 2 aliphatic heterocycles. The number of carbonyl (C=O) groups excluding carboxylic acids is 3. The number of para-hydroxylation sites is 1. The molecule has 0 saturated carbocycles. The Hall–Kier alpha value is -2.91. The zero-order chi connectivity index (χ0) is 20.9. The van der Waals surface area contributed by atoms with Gasteiger partial charge in [0.25, 0.3) is 5.91 Å². The number of morpholine rings is 1. The van der Waals surface area contributed by atoms with E-state index in [0.717, 1.165) is 36.1 Å². The lowest BCUT2D eigenvalue weighted by atomic mass is 10.1. The van der Waals surface area contributed by atoms with Crippen molar-refractivity contribution >= 4 is 28.7 Å². The molecule has 4 rings (SSSR count). The third-order valence-corrected chi connectivity index (χ3v) is 5.63. The first-order chi connectivity index (χ1) is 14.6. The standard InChI is InChI=1S/C21H27N5O4/c27-19(22-6-8-25-9-11-30-12-10-25)13-18-20(28)26(21(29)24-18)7-5-15-14-23-17-4-2-1-3-16(15)17/h1-4,14,18,23H,5-13H2,(H,22,27)(H,24,29)/t18-/m1/s1. The van der Waals surface area contributed by atoms with Gasteiger partial charge in [-0.15, -0.1) is 0 Å². The van der Waals surface area contributed by atoms with Gasteiger partial charge in [-0.3, -0.25) is 19.4 Å². The van der Waals surface area contributed by atoms with Crippen molar-refractivity contribution < 1.29 is 19.1 Å². The molecule has 1 aromatic carbocycles. The number of aromatic amines is 1. The number of amides is 4. The Kier molecular flexibility index (Phi) is 6.29. The fourth-order valence-electron chi connectivity index (χ4n) is 3.93. The third-order valence-electron chi connectivity index (χ3n) is 5.63. The number of rotatable bonds is 8. The zero-order valence-electron chi connectivity index (χ0n) is 16.9. The summed E-state index contributed by atoms with van der Waals surface area (Å²) in [4.78, 5) is 43.7. The van der Waals surface area contributed by atoms with Crippen LogP contribution in [0.4, 0.5) is 4.79 Å². The first-order valence-corrected chi connectivity index (χ1v) is 10.4. The molecule has 3 heterocycles. The molecule has 160 valence electrons. The number of carbonyl (C=O) groups is 3. The van der Waals surface area contributed by atoms with Crippen molar-refractivity contribution in [1.82, 2.24) is 25.4 Å². The van der Waals surface area contributed by atoms with Crippen LogP contribution in [0.5, 0.6) is 0 Å². The highest BCUT2D eigenvalue weighted by Crippen LogP contribution is 2.19. The summed E-state index contributed by atoms with van der Waals surface area (Å²) in [6, 6.07) is 6.67. The molecule has 2 aromatic rings. The number of H-pyrrole nitrogens is 1. The van der Waals surface area contributed by atoms with Gasteiger partial charge in [-0.05, 0) is 18.1 Å². The van der Waals surface area contributed by atoms with E-state index in [4.69, 9.17) is 4.74 Å². The fourth-order valence-corrected chi connectivity index (χ4v) is 3.93. The molecule has 0 spiro atoms. The van der Waals surface area contributed by atoms with Gasteiger partial charge in [-0.25, -0.2) is 4.79 Å². The lowest BCUT2D eigenvalue weighted by molar-refractivity contribution is -0.130. The van der Waals surface area contributed by atoms with Crippen LogP contribution in [0.1, 0.15) is 12.0 Å². The van der Waals surface area contributed by atoms with Crippen molar-refractivity contribution in [2.24, 2.45) is 0 Å². The lowest BCUT2D eigenvalue weighted by Gasteiger charge is -2.26. The van der Waals surface area contributed by atoms with Crippen LogP contribution in [-0.4, -0.2) is 84.6 Å². The van der Waals surface area contributed by atoms with E-state index in [0.29, 0.717) is 26.2 Å². The molecule has 3 N–H and O–H groups in total. The smallest absolute Gasteiger partial charge is 0.324 e. The summed E-state index contributed by atoms with van der Waals surface area (Å²) in [7, 11) is 0. The van der Waals surface area contributed by atoms with Crippen molar-refractivity contribution in [2.75, 3.05) is 45.9 Å². The molecule has 0 bridgehead atoms. The second-order valence-electron chi connectivity index (χ2n) is 7.61. The van der Waals surface area contributed by atoms with E-state index < -0.39 is 12.1 Å². The van der Waals surface area contributed by atoms with Crippen molar-refractivity contribution in [3.63, 3.8) is 0 Å². The Bertz CT molecular complexity index is 921. The van der Waals surface area contributed by atoms with Crippen molar-refractivity contribution in [1.29, 1.82) is 0 Å². The summed E-state index contributed by atoms with van der Waals surface area (Å²) in [6.45, 7) is 4.68. The number of hydrogen-bond acceptors (Lipinski definition) is 5. The number of nitrogens with one attached hydrogen (secondary N) is 3. The van der Waals surface area contributed by atoms with Crippen LogP contribution < -0.4 is 10.6 Å². The molecule has 1 aromatic heterocycles. The Morgan fingerprint density at radius 2 is 1.97 bits per heavy atom. The number of imide groups is 1. The second kappa shape index (κ2) is 9.27. The van der Waals surface area contributed by atoms with Crippen molar-refractivity contribution in [2.45, 2.75) is 18.9 Å². The molecular formula is C21H27N5O4. The van der Waals surface area contributed by atoms with Crippen LogP contribution in [0.3, 0.4) is 0 Å². The Balaban J connectivity index is 1.24. The molecule has 1 atom stereocenters. The molecular weight excluding hydrogens is 386 g/mol. The summed E-state index contributed by atoms with van der Waals surface area (Å²) in [5.41, 5.74) is 2.08. The summed E-state index contributed by atoms with van der Waals surface area (Å²) in [5.74, 6) is -0.580. The molecule has 2 fully saturated rings. The number of nitrogens with zero attached hydrogens (tertiary/aromatic N) is 2. The molecule has 9 nitrogen and oxygen atoms in total. The van der Waals surface area contributed by atoms with E-state index in [1.165, 1.54) is 4.90 Å². The van der Waals surface area contributed by atoms with E-state index in [2.05, 4.69) is 20.5 Å². The van der Waals surface area contributed by atoms with Gasteiger partial charge in [-0.2, -0.15) is 0 Å². The van der Waals surface area contributed by atoms with Gasteiger partial charge in [0, 0.05) is 49.8 Å². The predicted molar refractivity (Wildman–Crippen MR) is 111 cm³/mol. The molecule has 4 amide bonds. The molecule has 0 unspecified atom stereocenters. The Labute approximate surface area is 174 Å². The van der Waals surface area contributed by atoms with Crippen LogP contribution in [0.2, 0.25) is 0 Å². The molecule has 30 heavy (non-hydrogen) atoms. The number of benzene rings is 1. The number of hydrogen-bond donors (Lipinski definition) is 3. The molecule has 2 saturated heterocycles. The van der Waals surface area contributed by atoms with Crippen LogP contribution in [0.25, 0.3) is 10.9 Å². The normalized spacial score (nSPS) is 20.0. The van der Waals surface area contributed by atoms with E-state index in [-0.39, 0.29) is 24.8 Å². The molecule has 9 heteroatoms. The van der Waals surface area contributed by atoms with Gasteiger partial charge < -0.3 is 20.4 Å². The van der Waals surface area contributed by atoms with Crippen LogP contribution in [-0.2, 0) is 20.7 Å². The van der Waals surface area contributed by atoms with Crippen LogP contribution in [0.15, 0.2) is 30.5 Å². The summed E-state index contributed by atoms with van der Waals surface area (Å²) in [6.07, 6.45) is 2.42. The summed E-state index contributed by atoms with van der Waals surface area (Å²) < 4.78 is 5.30. The lowest BCUT2D eigenvalue weighted by Crippen LogP contribution is -2.42.